The number of ether oxygens (including phenoxy) is 1. The van der Waals surface area contributed by atoms with Gasteiger partial charge in [-0.2, -0.15) is 0 Å². The summed E-state index contributed by atoms with van der Waals surface area (Å²) in [6.45, 7) is -0.0337. The smallest absolute Gasteiger partial charge is 0.338 e. The molecule has 1 fully saturated rings. The van der Waals surface area contributed by atoms with E-state index in [0.29, 0.717) is 13.0 Å². The van der Waals surface area contributed by atoms with Crippen molar-refractivity contribution in [3.05, 3.63) is 0 Å². The van der Waals surface area contributed by atoms with Crippen LogP contribution in [0.4, 0.5) is 0 Å². The van der Waals surface area contributed by atoms with E-state index in [1.165, 1.54) is 0 Å². The molecule has 9 N–H and O–H groups in total. The molecule has 10 nitrogen and oxygen atoms in total. The van der Waals surface area contributed by atoms with E-state index in [1.807, 2.05) is 0 Å². The lowest BCUT2D eigenvalue weighted by atomic mass is 10.1. The number of cyclic esters (lactones) is 1. The molecule has 22 heavy (non-hydrogen) atoms. The average Bonchev–Trinajstić information content (AvgIpc) is 2.74. The van der Waals surface area contributed by atoms with Gasteiger partial charge in [-0.25, -0.2) is 4.79 Å². The van der Waals surface area contributed by atoms with Gasteiger partial charge in [-0.1, -0.05) is 6.42 Å². The fraction of sp³-hybridized carbons (Fsp3) is 0.833. The van der Waals surface area contributed by atoms with Crippen LogP contribution in [0.15, 0.2) is 0 Å². The summed E-state index contributed by atoms with van der Waals surface area (Å²) in [6, 6.07) is -0.716. The van der Waals surface area contributed by atoms with Crippen molar-refractivity contribution >= 4 is 11.9 Å². The van der Waals surface area contributed by atoms with Crippen molar-refractivity contribution in [1.29, 1.82) is 0 Å². The normalized spacial score (nSPS) is 26.6. The van der Waals surface area contributed by atoms with Gasteiger partial charge in [0, 0.05) is 0 Å². The Morgan fingerprint density at radius 1 is 1.32 bits per heavy atom. The van der Waals surface area contributed by atoms with Gasteiger partial charge < -0.3 is 41.7 Å². The number of aliphatic hydroxyl groups is 4. The van der Waals surface area contributed by atoms with Gasteiger partial charge in [-0.15, -0.1) is 0 Å². The van der Waals surface area contributed by atoms with Crippen LogP contribution >= 0.6 is 0 Å². The molecule has 0 saturated carbocycles. The van der Waals surface area contributed by atoms with Crippen molar-refractivity contribution in [1.82, 2.24) is 0 Å². The van der Waals surface area contributed by atoms with Gasteiger partial charge in [-0.3, -0.25) is 4.79 Å². The Hall–Kier alpha value is -1.30. The molecule has 1 aliphatic heterocycles. The van der Waals surface area contributed by atoms with E-state index in [0.717, 1.165) is 12.8 Å². The highest BCUT2D eigenvalue weighted by Crippen LogP contribution is 2.18. The van der Waals surface area contributed by atoms with E-state index < -0.39 is 49.0 Å². The highest BCUT2D eigenvalue weighted by atomic mass is 16.6. The van der Waals surface area contributed by atoms with Crippen LogP contribution in [0.3, 0.4) is 0 Å². The van der Waals surface area contributed by atoms with Crippen LogP contribution < -0.4 is 11.5 Å². The van der Waals surface area contributed by atoms with Crippen LogP contribution in [0.1, 0.15) is 19.3 Å². The lowest BCUT2D eigenvalue weighted by Crippen LogP contribution is -2.40. The molecule has 0 bridgehead atoms. The average molecular weight is 324 g/mol. The Kier molecular flexibility index (Phi) is 9.81. The zero-order valence-electron chi connectivity index (χ0n) is 12.0. The van der Waals surface area contributed by atoms with E-state index in [2.05, 4.69) is 4.74 Å². The number of esters is 1. The first-order chi connectivity index (χ1) is 10.3. The number of hydrogen-bond acceptors (Lipinski definition) is 9. The molecule has 0 spiro atoms. The maximum atomic E-state index is 10.6. The summed E-state index contributed by atoms with van der Waals surface area (Å²) in [5.41, 5.74) is 10.4. The second-order valence-corrected chi connectivity index (χ2v) is 4.82. The first-order valence-corrected chi connectivity index (χ1v) is 6.80. The summed E-state index contributed by atoms with van der Waals surface area (Å²) in [5, 5.41) is 43.7. The standard InChI is InChI=1S/C6H14N2O2.C6H10O6/c7-4-2-1-3-5(8)6(9)10;7-1-2(8)5-3(9)4(10)6(11)12-5/h5H,1-4,7-8H2,(H,9,10);2-5,7-10H,1H2/t5-;2-,3+,4-,5+/m00/s1. The number of rotatable bonds is 7. The molecule has 0 radical (unpaired) electrons. The highest BCUT2D eigenvalue weighted by molar-refractivity contribution is 5.77. The highest BCUT2D eigenvalue weighted by Gasteiger charge is 2.45. The number of carboxylic acid groups (broad SMARTS) is 1. The van der Waals surface area contributed by atoms with Crippen LogP contribution in [0.25, 0.3) is 0 Å². The van der Waals surface area contributed by atoms with Gasteiger partial charge in [0.05, 0.1) is 6.61 Å². The fourth-order valence-electron chi connectivity index (χ4n) is 1.63. The SMILES string of the molecule is NCCCC[C@H](N)C(=O)O.O=C1O[C@H]([C@@H](O)CO)[C@H](O)[C@@H]1O. The van der Waals surface area contributed by atoms with Gasteiger partial charge >= 0.3 is 11.9 Å². The third-order valence-corrected chi connectivity index (χ3v) is 3.01. The van der Waals surface area contributed by atoms with Crippen molar-refractivity contribution in [3.8, 4) is 0 Å². The quantitative estimate of drug-likeness (QED) is 0.182. The Bertz CT molecular complexity index is 354. The van der Waals surface area contributed by atoms with Gasteiger partial charge in [0.2, 0.25) is 0 Å². The van der Waals surface area contributed by atoms with E-state index in [1.54, 1.807) is 0 Å². The predicted molar refractivity (Wildman–Crippen MR) is 73.5 cm³/mol. The van der Waals surface area contributed by atoms with Gasteiger partial charge in [0.25, 0.3) is 0 Å². The zero-order chi connectivity index (χ0) is 17.3. The van der Waals surface area contributed by atoms with Crippen molar-refractivity contribution in [2.75, 3.05) is 13.2 Å². The summed E-state index contributed by atoms with van der Waals surface area (Å²) in [4.78, 5) is 20.7. The molecular formula is C12H24N2O8. The van der Waals surface area contributed by atoms with Crippen molar-refractivity contribution in [3.63, 3.8) is 0 Å². The van der Waals surface area contributed by atoms with Crippen molar-refractivity contribution < 1.29 is 39.9 Å². The van der Waals surface area contributed by atoms with Crippen molar-refractivity contribution in [2.24, 2.45) is 11.5 Å². The van der Waals surface area contributed by atoms with E-state index >= 15 is 0 Å². The Labute approximate surface area is 127 Å². The summed E-state index contributed by atoms with van der Waals surface area (Å²) in [5.74, 6) is -1.92. The molecular weight excluding hydrogens is 300 g/mol. The van der Waals surface area contributed by atoms with Crippen LogP contribution in [-0.4, -0.2) is 81.1 Å². The molecule has 0 unspecified atom stereocenters. The fourth-order valence-corrected chi connectivity index (χ4v) is 1.63. The number of nitrogens with two attached hydrogens (primary N) is 2. The first-order valence-electron chi connectivity index (χ1n) is 6.80. The van der Waals surface area contributed by atoms with E-state index in [-0.39, 0.29) is 0 Å². The Morgan fingerprint density at radius 3 is 2.27 bits per heavy atom. The van der Waals surface area contributed by atoms with Gasteiger partial charge in [0.1, 0.15) is 18.2 Å². The first kappa shape index (κ1) is 20.7. The number of carbonyl (C=O) groups is 2. The summed E-state index contributed by atoms with van der Waals surface area (Å²) in [7, 11) is 0. The number of aliphatic carboxylic acids is 1. The molecule has 1 aliphatic rings. The molecule has 0 aliphatic carbocycles. The minimum Gasteiger partial charge on any atom is -0.480 e. The second kappa shape index (κ2) is 10.4. The maximum absolute atomic E-state index is 10.6. The lowest BCUT2D eigenvalue weighted by Gasteiger charge is -2.17. The number of carbonyl (C=O) groups excluding carboxylic acids is 1. The van der Waals surface area contributed by atoms with Crippen LogP contribution in [-0.2, 0) is 14.3 Å². The topological polar surface area (TPSA) is 197 Å². The monoisotopic (exact) mass is 324 g/mol. The summed E-state index contributed by atoms with van der Waals surface area (Å²) >= 11 is 0. The second-order valence-electron chi connectivity index (χ2n) is 4.82. The molecule has 1 saturated heterocycles. The summed E-state index contributed by atoms with van der Waals surface area (Å²) in [6.07, 6.45) is -3.54. The molecule has 0 aromatic carbocycles. The van der Waals surface area contributed by atoms with Crippen LogP contribution in [0, 0.1) is 0 Å². The van der Waals surface area contributed by atoms with E-state index in [9.17, 15) is 9.59 Å². The Morgan fingerprint density at radius 2 is 1.91 bits per heavy atom. The summed E-state index contributed by atoms with van der Waals surface area (Å²) < 4.78 is 4.39. The molecule has 10 heteroatoms. The minimum absolute atomic E-state index is 0.520. The van der Waals surface area contributed by atoms with E-state index in [4.69, 9.17) is 37.0 Å². The number of aliphatic hydroxyl groups excluding tert-OH is 4. The Balaban J connectivity index is 0.000000409. The molecule has 1 heterocycles. The molecule has 1 rings (SSSR count). The lowest BCUT2D eigenvalue weighted by molar-refractivity contribution is -0.151. The molecule has 0 aromatic heterocycles. The van der Waals surface area contributed by atoms with Crippen LogP contribution in [0.5, 0.6) is 0 Å². The maximum Gasteiger partial charge on any atom is 0.338 e. The largest absolute Gasteiger partial charge is 0.480 e. The molecule has 0 amide bonds. The third kappa shape index (κ3) is 6.64. The molecule has 130 valence electrons. The number of unbranched alkanes of at least 4 members (excludes halogenated alkanes) is 1. The number of carboxylic acids is 1. The molecule has 0 aromatic rings. The number of hydrogen-bond donors (Lipinski definition) is 7. The van der Waals surface area contributed by atoms with Gasteiger partial charge in [0.15, 0.2) is 12.2 Å². The predicted octanol–water partition coefficient (Wildman–Crippen LogP) is -3.49. The molecule has 5 atom stereocenters. The van der Waals surface area contributed by atoms with Gasteiger partial charge in [-0.05, 0) is 19.4 Å². The van der Waals surface area contributed by atoms with Crippen molar-refractivity contribution in [2.45, 2.75) is 49.7 Å². The minimum atomic E-state index is -1.63. The zero-order valence-corrected chi connectivity index (χ0v) is 12.0. The third-order valence-electron chi connectivity index (χ3n) is 3.01. The van der Waals surface area contributed by atoms with Crippen LogP contribution in [0.2, 0.25) is 0 Å².